The third-order valence-electron chi connectivity index (χ3n) is 3.06. The van der Waals surface area contributed by atoms with Gasteiger partial charge in [-0.15, -0.1) is 0 Å². The molecule has 1 rings (SSSR count). The molecule has 1 aromatic rings. The largest absolute Gasteiger partial charge is 0.296 e. The van der Waals surface area contributed by atoms with Gasteiger partial charge in [-0.1, -0.05) is 34.1 Å². The summed E-state index contributed by atoms with van der Waals surface area (Å²) < 4.78 is 0.875. The lowest BCUT2D eigenvalue weighted by atomic mass is 10.1. The zero-order valence-electron chi connectivity index (χ0n) is 11.1. The first-order chi connectivity index (χ1) is 8.56. The smallest absolute Gasteiger partial charge is 0.177 e. The lowest BCUT2D eigenvalue weighted by molar-refractivity contribution is 0.0923. The highest BCUT2D eigenvalue weighted by Crippen LogP contribution is 2.17. The number of carbonyl (C=O) groups excluding carboxylic acids is 1. The summed E-state index contributed by atoms with van der Waals surface area (Å²) in [5, 5.41) is 0. The highest BCUT2D eigenvalue weighted by molar-refractivity contribution is 9.10. The Morgan fingerprint density at radius 3 is 2.72 bits per heavy atom. The summed E-state index contributed by atoms with van der Waals surface area (Å²) in [6, 6.07) is 8.03. The monoisotopic (exact) mass is 329 g/mol. The van der Waals surface area contributed by atoms with Crippen molar-refractivity contribution in [3.8, 4) is 0 Å². The Labute approximate surface area is 122 Å². The molecule has 1 atom stereocenters. The number of thioether (sulfide) groups is 1. The van der Waals surface area contributed by atoms with E-state index < -0.39 is 0 Å². The predicted octanol–water partition coefficient (Wildman–Crippen LogP) is 3.71. The van der Waals surface area contributed by atoms with Gasteiger partial charge in [0.15, 0.2) is 5.78 Å². The van der Waals surface area contributed by atoms with Crippen LogP contribution < -0.4 is 0 Å². The van der Waals surface area contributed by atoms with E-state index in [2.05, 4.69) is 34.0 Å². The summed E-state index contributed by atoms with van der Waals surface area (Å²) in [5.41, 5.74) is 0.765. The van der Waals surface area contributed by atoms with Gasteiger partial charge in [-0.2, -0.15) is 11.8 Å². The number of halogens is 1. The van der Waals surface area contributed by atoms with Crippen molar-refractivity contribution in [1.29, 1.82) is 0 Å². The van der Waals surface area contributed by atoms with E-state index in [4.69, 9.17) is 0 Å². The fourth-order valence-electron chi connectivity index (χ4n) is 1.66. The van der Waals surface area contributed by atoms with Gasteiger partial charge in [-0.3, -0.25) is 9.69 Å². The minimum atomic E-state index is 0.168. The van der Waals surface area contributed by atoms with Crippen LogP contribution >= 0.6 is 27.7 Å². The van der Waals surface area contributed by atoms with E-state index in [1.165, 1.54) is 0 Å². The molecule has 0 aromatic heterocycles. The maximum Gasteiger partial charge on any atom is 0.177 e. The van der Waals surface area contributed by atoms with Crippen LogP contribution in [0.1, 0.15) is 23.7 Å². The molecular weight excluding hydrogens is 310 g/mol. The third-order valence-corrected chi connectivity index (χ3v) is 4.39. The average molecular weight is 330 g/mol. The number of benzene rings is 1. The summed E-state index contributed by atoms with van der Waals surface area (Å²) in [4.78, 5) is 14.3. The first-order valence-electron chi connectivity index (χ1n) is 6.03. The van der Waals surface area contributed by atoms with Crippen LogP contribution in [0.5, 0.6) is 0 Å². The second kappa shape index (κ2) is 7.97. The van der Waals surface area contributed by atoms with Crippen molar-refractivity contribution in [2.45, 2.75) is 19.4 Å². The zero-order chi connectivity index (χ0) is 13.5. The lowest BCUT2D eigenvalue weighted by Gasteiger charge is -2.23. The van der Waals surface area contributed by atoms with Crippen molar-refractivity contribution in [1.82, 2.24) is 4.90 Å². The minimum absolute atomic E-state index is 0.168. The molecule has 0 amide bonds. The van der Waals surface area contributed by atoms with E-state index in [-0.39, 0.29) is 5.78 Å². The first kappa shape index (κ1) is 15.7. The maximum atomic E-state index is 12.2. The molecule has 0 aliphatic heterocycles. The topological polar surface area (TPSA) is 20.3 Å². The lowest BCUT2D eigenvalue weighted by Crippen LogP contribution is -2.34. The number of Topliss-reactive ketones (excluding diaryl/α,β-unsaturated/α-hetero) is 1. The molecule has 0 radical (unpaired) electrons. The van der Waals surface area contributed by atoms with Gasteiger partial charge < -0.3 is 0 Å². The van der Waals surface area contributed by atoms with Crippen molar-refractivity contribution >= 4 is 33.5 Å². The van der Waals surface area contributed by atoms with Gasteiger partial charge >= 0.3 is 0 Å². The Morgan fingerprint density at radius 1 is 1.44 bits per heavy atom. The Hall–Kier alpha value is -0.320. The van der Waals surface area contributed by atoms with Crippen LogP contribution in [0, 0.1) is 0 Å². The number of rotatable bonds is 7. The molecule has 0 heterocycles. The number of hydrogen-bond acceptors (Lipinski definition) is 3. The van der Waals surface area contributed by atoms with Crippen LogP contribution in [0.25, 0.3) is 0 Å². The van der Waals surface area contributed by atoms with E-state index in [1.807, 2.05) is 43.1 Å². The van der Waals surface area contributed by atoms with Gasteiger partial charge in [-0.05, 0) is 38.5 Å². The number of carbonyl (C=O) groups is 1. The molecule has 1 aromatic carbocycles. The van der Waals surface area contributed by atoms with E-state index in [0.29, 0.717) is 12.6 Å². The summed E-state index contributed by atoms with van der Waals surface area (Å²) in [7, 11) is 2.01. The predicted molar refractivity (Wildman–Crippen MR) is 83.6 cm³/mol. The first-order valence-corrected chi connectivity index (χ1v) is 8.22. The fraction of sp³-hybridized carbons (Fsp3) is 0.500. The SMILES string of the molecule is CSCCC(C)N(C)CC(=O)c1ccccc1Br. The van der Waals surface area contributed by atoms with E-state index in [0.717, 1.165) is 22.2 Å². The number of likely N-dealkylation sites (N-methyl/N-ethyl adjacent to an activating group) is 1. The Bertz CT molecular complexity index is 397. The van der Waals surface area contributed by atoms with E-state index in [9.17, 15) is 4.79 Å². The van der Waals surface area contributed by atoms with Crippen molar-refractivity contribution in [2.75, 3.05) is 25.6 Å². The standard InChI is InChI=1S/C14H20BrNOS/c1-11(8-9-18-3)16(2)10-14(17)12-6-4-5-7-13(12)15/h4-7,11H,8-10H2,1-3H3. The molecule has 0 spiro atoms. The molecule has 100 valence electrons. The molecule has 18 heavy (non-hydrogen) atoms. The van der Waals surface area contributed by atoms with Crippen LogP contribution in [-0.2, 0) is 0 Å². The Kier molecular flexibility index (Phi) is 6.97. The van der Waals surface area contributed by atoms with Crippen LogP contribution in [-0.4, -0.2) is 42.3 Å². The highest BCUT2D eigenvalue weighted by Gasteiger charge is 2.15. The molecule has 0 fully saturated rings. The summed E-state index contributed by atoms with van der Waals surface area (Å²) in [6.07, 6.45) is 3.22. The Balaban J connectivity index is 2.57. The van der Waals surface area contributed by atoms with E-state index in [1.54, 1.807) is 0 Å². The van der Waals surface area contributed by atoms with Gasteiger partial charge in [0.05, 0.1) is 6.54 Å². The van der Waals surface area contributed by atoms with Gasteiger partial charge in [0.25, 0.3) is 0 Å². The van der Waals surface area contributed by atoms with Crippen LogP contribution in [0.4, 0.5) is 0 Å². The van der Waals surface area contributed by atoms with Crippen LogP contribution in [0.3, 0.4) is 0 Å². The molecular formula is C14H20BrNOS. The second-order valence-electron chi connectivity index (χ2n) is 4.45. The minimum Gasteiger partial charge on any atom is -0.296 e. The van der Waals surface area contributed by atoms with Crippen molar-refractivity contribution in [3.63, 3.8) is 0 Å². The molecule has 0 saturated heterocycles. The van der Waals surface area contributed by atoms with Crippen molar-refractivity contribution in [2.24, 2.45) is 0 Å². The molecule has 0 bridgehead atoms. The van der Waals surface area contributed by atoms with Crippen molar-refractivity contribution < 1.29 is 4.79 Å². The quantitative estimate of drug-likeness (QED) is 0.711. The van der Waals surface area contributed by atoms with Crippen LogP contribution in [0.15, 0.2) is 28.7 Å². The summed E-state index contributed by atoms with van der Waals surface area (Å²) >= 11 is 5.27. The second-order valence-corrected chi connectivity index (χ2v) is 6.29. The molecule has 0 aliphatic carbocycles. The molecule has 1 unspecified atom stereocenters. The number of nitrogens with zero attached hydrogens (tertiary/aromatic N) is 1. The average Bonchev–Trinajstić information content (AvgIpc) is 2.36. The molecule has 2 nitrogen and oxygen atoms in total. The van der Waals surface area contributed by atoms with E-state index >= 15 is 0 Å². The molecule has 0 N–H and O–H groups in total. The van der Waals surface area contributed by atoms with Crippen LogP contribution in [0.2, 0.25) is 0 Å². The summed E-state index contributed by atoms with van der Waals surface area (Å²) in [6.45, 7) is 2.64. The Morgan fingerprint density at radius 2 is 2.11 bits per heavy atom. The highest BCUT2D eigenvalue weighted by atomic mass is 79.9. The van der Waals surface area contributed by atoms with Crippen molar-refractivity contribution in [3.05, 3.63) is 34.3 Å². The zero-order valence-corrected chi connectivity index (χ0v) is 13.6. The third kappa shape index (κ3) is 4.75. The number of ketones is 1. The normalized spacial score (nSPS) is 12.7. The number of hydrogen-bond donors (Lipinski definition) is 0. The van der Waals surface area contributed by atoms with Gasteiger partial charge in [0.2, 0.25) is 0 Å². The summed E-state index contributed by atoms with van der Waals surface area (Å²) in [5.74, 6) is 1.30. The molecule has 4 heteroatoms. The maximum absolute atomic E-state index is 12.2. The van der Waals surface area contributed by atoms with Gasteiger partial charge in [0.1, 0.15) is 0 Å². The fourth-order valence-corrected chi connectivity index (χ4v) is 2.75. The van der Waals surface area contributed by atoms with Gasteiger partial charge in [-0.25, -0.2) is 0 Å². The molecule has 0 aliphatic rings. The van der Waals surface area contributed by atoms with Gasteiger partial charge in [0, 0.05) is 16.1 Å². The molecule has 0 saturated carbocycles.